The molecule has 0 aliphatic carbocycles. The average Bonchev–Trinajstić information content (AvgIpc) is 2.77. The van der Waals surface area contributed by atoms with Gasteiger partial charge in [0.1, 0.15) is 12.3 Å². The number of ether oxygens (including phenoxy) is 1. The first kappa shape index (κ1) is 13.6. The van der Waals surface area contributed by atoms with E-state index in [1.807, 2.05) is 42.5 Å². The lowest BCUT2D eigenvalue weighted by Gasteiger charge is -2.22. The van der Waals surface area contributed by atoms with Crippen molar-refractivity contribution in [1.29, 1.82) is 0 Å². The van der Waals surface area contributed by atoms with E-state index < -0.39 is 0 Å². The van der Waals surface area contributed by atoms with Gasteiger partial charge in [-0.2, -0.15) is 0 Å². The Bertz CT molecular complexity index is 587. The van der Waals surface area contributed by atoms with Gasteiger partial charge in [0, 0.05) is 16.6 Å². The number of likely N-dealkylation sites (N-methyl/N-ethyl adjacent to an activating group) is 1. The molecule has 1 fully saturated rings. The maximum Gasteiger partial charge on any atom is 0.139 e. The number of hydrogen-bond donors (Lipinski definition) is 0. The molecule has 1 aliphatic heterocycles. The van der Waals surface area contributed by atoms with E-state index >= 15 is 0 Å². The van der Waals surface area contributed by atoms with E-state index in [0.717, 1.165) is 10.6 Å². The van der Waals surface area contributed by atoms with E-state index in [-0.39, 0.29) is 12.3 Å². The highest BCUT2D eigenvalue weighted by Gasteiger charge is 2.39. The highest BCUT2D eigenvalue weighted by Crippen LogP contribution is 2.42. The zero-order valence-electron chi connectivity index (χ0n) is 11.7. The maximum absolute atomic E-state index is 6.30. The molecule has 3 heteroatoms. The molecule has 20 heavy (non-hydrogen) atoms. The Morgan fingerprint density at radius 1 is 1.00 bits per heavy atom. The van der Waals surface area contributed by atoms with Crippen LogP contribution in [-0.4, -0.2) is 18.0 Å². The third-order valence-electron chi connectivity index (χ3n) is 4.03. The minimum absolute atomic E-state index is 0.0717. The highest BCUT2D eigenvalue weighted by molar-refractivity contribution is 6.31. The number of halogens is 1. The first-order valence-electron chi connectivity index (χ1n) is 6.85. The molecule has 3 atom stereocenters. The molecular weight excluding hydrogens is 270 g/mol. The monoisotopic (exact) mass is 287 g/mol. The average molecular weight is 288 g/mol. The van der Waals surface area contributed by atoms with Crippen molar-refractivity contribution < 1.29 is 4.74 Å². The summed E-state index contributed by atoms with van der Waals surface area (Å²) in [4.78, 5) is 2.24. The third kappa shape index (κ3) is 2.35. The fourth-order valence-electron chi connectivity index (χ4n) is 2.74. The van der Waals surface area contributed by atoms with Gasteiger partial charge in [-0.05, 0) is 25.6 Å². The first-order chi connectivity index (χ1) is 9.68. The molecule has 2 nitrogen and oxygen atoms in total. The molecule has 2 aromatic rings. The largest absolute Gasteiger partial charge is 0.349 e. The summed E-state index contributed by atoms with van der Waals surface area (Å²) >= 11 is 6.30. The van der Waals surface area contributed by atoms with Crippen LogP contribution in [-0.2, 0) is 4.74 Å². The van der Waals surface area contributed by atoms with Crippen LogP contribution in [0.25, 0.3) is 0 Å². The predicted octanol–water partition coefficient (Wildman–Crippen LogP) is 4.43. The summed E-state index contributed by atoms with van der Waals surface area (Å²) in [5.41, 5.74) is 2.24. The molecule has 1 aliphatic rings. The van der Waals surface area contributed by atoms with Gasteiger partial charge < -0.3 is 4.74 Å². The number of benzene rings is 2. The summed E-state index contributed by atoms with van der Waals surface area (Å²) in [5.74, 6) is 0. The van der Waals surface area contributed by atoms with Crippen molar-refractivity contribution in [3.63, 3.8) is 0 Å². The van der Waals surface area contributed by atoms with Crippen LogP contribution < -0.4 is 0 Å². The Morgan fingerprint density at radius 2 is 1.65 bits per heavy atom. The van der Waals surface area contributed by atoms with Crippen molar-refractivity contribution in [2.75, 3.05) is 7.05 Å². The van der Waals surface area contributed by atoms with Crippen LogP contribution in [0.5, 0.6) is 0 Å². The van der Waals surface area contributed by atoms with Crippen molar-refractivity contribution >= 4 is 11.6 Å². The lowest BCUT2D eigenvalue weighted by atomic mass is 10.0. The lowest BCUT2D eigenvalue weighted by molar-refractivity contribution is 0.00567. The maximum atomic E-state index is 6.30. The molecule has 2 aromatic carbocycles. The molecule has 0 unspecified atom stereocenters. The molecule has 0 saturated carbocycles. The van der Waals surface area contributed by atoms with Gasteiger partial charge in [0.15, 0.2) is 0 Å². The zero-order chi connectivity index (χ0) is 14.1. The molecule has 0 spiro atoms. The van der Waals surface area contributed by atoms with E-state index in [1.54, 1.807) is 0 Å². The van der Waals surface area contributed by atoms with Crippen molar-refractivity contribution in [3.05, 3.63) is 70.7 Å². The Labute approximate surface area is 124 Å². The molecular formula is C17H18ClNO. The number of rotatable bonds is 2. The summed E-state index contributed by atoms with van der Waals surface area (Å²) in [5, 5.41) is 0.755. The zero-order valence-corrected chi connectivity index (χ0v) is 12.4. The van der Waals surface area contributed by atoms with Crippen molar-refractivity contribution in [2.24, 2.45) is 0 Å². The smallest absolute Gasteiger partial charge is 0.139 e. The van der Waals surface area contributed by atoms with Gasteiger partial charge in [-0.15, -0.1) is 0 Å². The van der Waals surface area contributed by atoms with Gasteiger partial charge in [0.05, 0.1) is 0 Å². The SMILES string of the molecule is C[C@@H]1[C@H](c2ccccc2)O[C@@H](c2ccccc2Cl)N1C. The second-order valence-corrected chi connectivity index (χ2v) is 5.65. The van der Waals surface area contributed by atoms with Gasteiger partial charge in [-0.25, -0.2) is 0 Å². The predicted molar refractivity (Wildman–Crippen MR) is 81.7 cm³/mol. The summed E-state index contributed by atoms with van der Waals surface area (Å²) in [7, 11) is 2.08. The second kappa shape index (κ2) is 5.57. The van der Waals surface area contributed by atoms with Crippen LogP contribution in [0.3, 0.4) is 0 Å². The van der Waals surface area contributed by atoms with Crippen LogP contribution >= 0.6 is 11.6 Å². The molecule has 0 aromatic heterocycles. The molecule has 0 bridgehead atoms. The van der Waals surface area contributed by atoms with Gasteiger partial charge >= 0.3 is 0 Å². The van der Waals surface area contributed by atoms with E-state index in [4.69, 9.17) is 16.3 Å². The minimum atomic E-state index is -0.0936. The van der Waals surface area contributed by atoms with Crippen molar-refractivity contribution in [1.82, 2.24) is 4.90 Å². The highest BCUT2D eigenvalue weighted by atomic mass is 35.5. The van der Waals surface area contributed by atoms with Gasteiger partial charge in [-0.3, -0.25) is 4.90 Å². The number of hydrogen-bond acceptors (Lipinski definition) is 2. The molecule has 104 valence electrons. The van der Waals surface area contributed by atoms with E-state index in [9.17, 15) is 0 Å². The molecule has 3 rings (SSSR count). The van der Waals surface area contributed by atoms with Crippen LogP contribution in [0, 0.1) is 0 Å². The molecule has 1 heterocycles. The van der Waals surface area contributed by atoms with Crippen LogP contribution in [0.1, 0.15) is 30.4 Å². The van der Waals surface area contributed by atoms with Gasteiger partial charge in [0.25, 0.3) is 0 Å². The summed E-state index contributed by atoms with van der Waals surface area (Å²) in [6.45, 7) is 2.19. The molecule has 0 amide bonds. The standard InChI is InChI=1S/C17H18ClNO/c1-12-16(13-8-4-3-5-9-13)20-17(19(12)2)14-10-6-7-11-15(14)18/h3-12,16-17H,1-2H3/t12-,16-,17+/m1/s1. The topological polar surface area (TPSA) is 12.5 Å². The van der Waals surface area contributed by atoms with E-state index in [0.29, 0.717) is 6.04 Å². The summed E-state index contributed by atoms with van der Waals surface area (Å²) in [6.07, 6.45) is -0.0219. The number of nitrogens with zero attached hydrogens (tertiary/aromatic N) is 1. The van der Waals surface area contributed by atoms with Crippen LogP contribution in [0.4, 0.5) is 0 Å². The van der Waals surface area contributed by atoms with Crippen LogP contribution in [0.15, 0.2) is 54.6 Å². The fourth-order valence-corrected chi connectivity index (χ4v) is 2.97. The Hall–Kier alpha value is -1.35. The molecule has 0 radical (unpaired) electrons. The summed E-state index contributed by atoms with van der Waals surface area (Å²) in [6, 6.07) is 18.5. The minimum Gasteiger partial charge on any atom is -0.349 e. The van der Waals surface area contributed by atoms with Crippen molar-refractivity contribution in [3.8, 4) is 0 Å². The van der Waals surface area contributed by atoms with Gasteiger partial charge in [-0.1, -0.05) is 60.1 Å². The quantitative estimate of drug-likeness (QED) is 0.810. The van der Waals surface area contributed by atoms with Crippen molar-refractivity contribution in [2.45, 2.75) is 25.3 Å². The Morgan fingerprint density at radius 3 is 2.35 bits per heavy atom. The van der Waals surface area contributed by atoms with E-state index in [1.165, 1.54) is 5.56 Å². The third-order valence-corrected chi connectivity index (χ3v) is 4.37. The Kier molecular flexibility index (Phi) is 3.79. The molecule has 0 N–H and O–H groups in total. The molecule has 1 saturated heterocycles. The van der Waals surface area contributed by atoms with E-state index in [2.05, 4.69) is 31.0 Å². The first-order valence-corrected chi connectivity index (χ1v) is 7.23. The lowest BCUT2D eigenvalue weighted by Crippen LogP contribution is -2.27. The second-order valence-electron chi connectivity index (χ2n) is 5.25. The Balaban J connectivity index is 1.91. The van der Waals surface area contributed by atoms with Gasteiger partial charge in [0.2, 0.25) is 0 Å². The summed E-state index contributed by atoms with van der Waals surface area (Å²) < 4.78 is 6.28. The van der Waals surface area contributed by atoms with Crippen LogP contribution in [0.2, 0.25) is 5.02 Å². The fraction of sp³-hybridized carbons (Fsp3) is 0.294. The normalized spacial score (nSPS) is 26.9.